The third-order valence-electron chi connectivity index (χ3n) is 7.24. The highest BCUT2D eigenvalue weighted by Crippen LogP contribution is 2.25. The third kappa shape index (κ3) is 16.9. The first kappa shape index (κ1) is 40.8. The molecule has 5 amide bonds. The number of aliphatic hydroxyl groups excluding tert-OH is 1. The molecule has 16 nitrogen and oxygen atoms in total. The van der Waals surface area contributed by atoms with Crippen molar-refractivity contribution in [2.45, 2.75) is 71.7 Å². The second-order valence-corrected chi connectivity index (χ2v) is 10.7. The minimum Gasteiger partial charge on any atom is -0.460 e. The Bertz CT molecular complexity index is 942. The molecule has 4 unspecified atom stereocenters. The fraction of sp³-hybridized carbons (Fsp3) is 0.800. The van der Waals surface area contributed by atoms with Crippen LogP contribution in [-0.2, 0) is 52.5 Å². The first-order valence-corrected chi connectivity index (χ1v) is 15.8. The number of hydrogen-bond acceptors (Lipinski definition) is 12. The molecule has 1 aliphatic rings. The maximum atomic E-state index is 12.1. The van der Waals surface area contributed by atoms with Crippen molar-refractivity contribution in [1.82, 2.24) is 20.9 Å². The smallest absolute Gasteiger partial charge is 0.305 e. The lowest BCUT2D eigenvalue weighted by Crippen LogP contribution is -2.36. The summed E-state index contributed by atoms with van der Waals surface area (Å²) < 4.78 is 26.4. The van der Waals surface area contributed by atoms with E-state index in [4.69, 9.17) is 23.7 Å². The summed E-state index contributed by atoms with van der Waals surface area (Å²) in [6.07, 6.45) is 0.0298. The fourth-order valence-corrected chi connectivity index (χ4v) is 4.15. The number of carbonyl (C=O) groups excluding carboxylic acids is 6. The molecule has 1 fully saturated rings. The number of nitrogens with one attached hydrogen (secondary N) is 3. The Morgan fingerprint density at radius 3 is 1.96 bits per heavy atom. The van der Waals surface area contributed by atoms with E-state index >= 15 is 0 Å². The minimum absolute atomic E-state index is 0.0351. The van der Waals surface area contributed by atoms with E-state index in [-0.39, 0.29) is 133 Å². The van der Waals surface area contributed by atoms with Gasteiger partial charge in [-0.05, 0) is 12.8 Å². The number of ether oxygens (including phenoxy) is 5. The van der Waals surface area contributed by atoms with Crippen LogP contribution in [0, 0.1) is 11.8 Å². The molecule has 0 bridgehead atoms. The molecular weight excluding hydrogens is 608 g/mol. The summed E-state index contributed by atoms with van der Waals surface area (Å²) in [6.45, 7) is 6.81. The van der Waals surface area contributed by atoms with E-state index < -0.39 is 18.4 Å². The van der Waals surface area contributed by atoms with E-state index in [0.717, 1.165) is 4.90 Å². The lowest BCUT2D eigenvalue weighted by atomic mass is 10.00. The van der Waals surface area contributed by atoms with Gasteiger partial charge >= 0.3 is 5.97 Å². The molecule has 46 heavy (non-hydrogen) atoms. The number of rotatable bonds is 26. The van der Waals surface area contributed by atoms with Crippen LogP contribution in [0.4, 0.5) is 0 Å². The summed E-state index contributed by atoms with van der Waals surface area (Å²) in [7, 11) is 1.41. The number of hydrogen-bond donors (Lipinski definition) is 4. The lowest BCUT2D eigenvalue weighted by molar-refractivity contribution is -0.194. The normalized spacial score (nSPS) is 17.5. The van der Waals surface area contributed by atoms with Crippen LogP contribution in [0.25, 0.3) is 0 Å². The molecular formula is C30H52N4O12. The number of methoxy groups -OCH3 is 1. The Morgan fingerprint density at radius 1 is 0.804 bits per heavy atom. The second kappa shape index (κ2) is 24.1. The zero-order chi connectivity index (χ0) is 34.3. The highest BCUT2D eigenvalue weighted by atomic mass is 16.7. The monoisotopic (exact) mass is 660 g/mol. The van der Waals surface area contributed by atoms with Gasteiger partial charge in [0, 0.05) is 70.8 Å². The SMILES string of the molecule is CCC(CO)OC(COC(=O)CCCC(=O)NCCNC(=O)CCOCCOCCNC(=O)CCN1C(=O)C(C)C(C)C1=O)OC. The number of carbonyl (C=O) groups is 6. The zero-order valence-corrected chi connectivity index (χ0v) is 27.5. The first-order valence-electron chi connectivity index (χ1n) is 15.8. The van der Waals surface area contributed by atoms with Crippen LogP contribution >= 0.6 is 0 Å². The molecule has 0 saturated carbocycles. The average molecular weight is 661 g/mol. The Balaban J connectivity index is 1.95. The summed E-state index contributed by atoms with van der Waals surface area (Å²) in [6, 6.07) is 0. The molecule has 1 saturated heterocycles. The molecule has 4 atom stereocenters. The van der Waals surface area contributed by atoms with Crippen LogP contribution in [0.3, 0.4) is 0 Å². The van der Waals surface area contributed by atoms with Crippen molar-refractivity contribution >= 4 is 35.5 Å². The standard InChI is InChI=1S/C30H52N4O12/c1-5-23(19-35)46-28(42-4)20-45-27(39)8-6-7-24(36)31-11-12-32-26(38)10-15-43-17-18-44-16-13-33-25(37)9-14-34-29(40)21(2)22(3)30(34)41/h21-23,28,35H,5-20H2,1-4H3,(H,31,36)(H,32,38)(H,33,37). The summed E-state index contributed by atoms with van der Waals surface area (Å²) in [5.74, 6) is -2.46. The van der Waals surface area contributed by atoms with Crippen molar-refractivity contribution in [3.8, 4) is 0 Å². The van der Waals surface area contributed by atoms with E-state index in [1.165, 1.54) is 7.11 Å². The molecule has 0 aliphatic carbocycles. The number of imide groups is 1. The number of amides is 5. The van der Waals surface area contributed by atoms with Crippen LogP contribution < -0.4 is 16.0 Å². The van der Waals surface area contributed by atoms with Gasteiger partial charge in [0.25, 0.3) is 0 Å². The predicted octanol–water partition coefficient (Wildman–Crippen LogP) is -0.737. The molecule has 16 heteroatoms. The summed E-state index contributed by atoms with van der Waals surface area (Å²) in [5, 5.41) is 17.2. The van der Waals surface area contributed by atoms with Gasteiger partial charge < -0.3 is 44.7 Å². The van der Waals surface area contributed by atoms with Crippen molar-refractivity contribution in [2.75, 3.05) is 72.9 Å². The molecule has 1 rings (SSSR count). The van der Waals surface area contributed by atoms with Gasteiger partial charge in [-0.1, -0.05) is 20.8 Å². The van der Waals surface area contributed by atoms with Gasteiger partial charge in [-0.25, -0.2) is 0 Å². The van der Waals surface area contributed by atoms with Crippen LogP contribution in [0.1, 0.15) is 59.3 Å². The zero-order valence-electron chi connectivity index (χ0n) is 27.5. The van der Waals surface area contributed by atoms with Crippen molar-refractivity contribution in [3.63, 3.8) is 0 Å². The maximum Gasteiger partial charge on any atom is 0.305 e. The molecule has 4 N–H and O–H groups in total. The van der Waals surface area contributed by atoms with E-state index in [2.05, 4.69) is 16.0 Å². The topological polar surface area (TPSA) is 208 Å². The summed E-state index contributed by atoms with van der Waals surface area (Å²) >= 11 is 0. The molecule has 1 aliphatic heterocycles. The number of aliphatic hydroxyl groups is 1. The average Bonchev–Trinajstić information content (AvgIpc) is 3.22. The van der Waals surface area contributed by atoms with Gasteiger partial charge in [0.05, 0.1) is 39.1 Å². The Hall–Kier alpha value is -3.18. The number of esters is 1. The van der Waals surface area contributed by atoms with Crippen LogP contribution in [0.2, 0.25) is 0 Å². The molecule has 0 aromatic carbocycles. The summed E-state index contributed by atoms with van der Waals surface area (Å²) in [5.41, 5.74) is 0. The maximum absolute atomic E-state index is 12.1. The molecule has 0 aromatic heterocycles. The van der Waals surface area contributed by atoms with Crippen LogP contribution in [-0.4, -0.2) is 131 Å². The first-order chi connectivity index (χ1) is 22.0. The quantitative estimate of drug-likeness (QED) is 0.0392. The van der Waals surface area contributed by atoms with Crippen LogP contribution in [0.15, 0.2) is 0 Å². The number of likely N-dealkylation sites (tertiary alicyclic amines) is 1. The molecule has 0 radical (unpaired) electrons. The molecule has 1 heterocycles. The van der Waals surface area contributed by atoms with Crippen molar-refractivity contribution < 1.29 is 57.6 Å². The number of nitrogens with zero attached hydrogens (tertiary/aromatic N) is 1. The minimum atomic E-state index is -0.784. The Morgan fingerprint density at radius 2 is 1.37 bits per heavy atom. The van der Waals surface area contributed by atoms with Crippen molar-refractivity contribution in [2.24, 2.45) is 11.8 Å². The van der Waals surface area contributed by atoms with Crippen molar-refractivity contribution in [1.29, 1.82) is 0 Å². The van der Waals surface area contributed by atoms with Gasteiger partial charge in [0.1, 0.15) is 6.61 Å². The molecule has 0 spiro atoms. The highest BCUT2D eigenvalue weighted by Gasteiger charge is 2.41. The highest BCUT2D eigenvalue weighted by molar-refractivity contribution is 6.04. The Labute approximate surface area is 270 Å². The van der Waals surface area contributed by atoms with E-state index in [1.807, 2.05) is 6.92 Å². The molecule has 0 aromatic rings. The van der Waals surface area contributed by atoms with Gasteiger partial charge in [-0.2, -0.15) is 0 Å². The molecule has 264 valence electrons. The lowest BCUT2D eigenvalue weighted by Gasteiger charge is -2.21. The largest absolute Gasteiger partial charge is 0.460 e. The van der Waals surface area contributed by atoms with Crippen LogP contribution in [0.5, 0.6) is 0 Å². The van der Waals surface area contributed by atoms with E-state index in [0.29, 0.717) is 12.8 Å². The second-order valence-electron chi connectivity index (χ2n) is 10.7. The van der Waals surface area contributed by atoms with E-state index in [1.54, 1.807) is 13.8 Å². The van der Waals surface area contributed by atoms with Gasteiger partial charge in [0.2, 0.25) is 29.5 Å². The van der Waals surface area contributed by atoms with Crippen molar-refractivity contribution in [3.05, 3.63) is 0 Å². The third-order valence-corrected chi connectivity index (χ3v) is 7.24. The predicted molar refractivity (Wildman–Crippen MR) is 163 cm³/mol. The van der Waals surface area contributed by atoms with Gasteiger partial charge in [-0.3, -0.25) is 33.7 Å². The van der Waals surface area contributed by atoms with Gasteiger partial charge in [0.15, 0.2) is 6.29 Å². The van der Waals surface area contributed by atoms with E-state index in [9.17, 15) is 33.9 Å². The summed E-state index contributed by atoms with van der Waals surface area (Å²) in [4.78, 5) is 73.0. The van der Waals surface area contributed by atoms with Gasteiger partial charge in [-0.15, -0.1) is 0 Å². The Kier molecular flexibility index (Phi) is 21.4. The fourth-order valence-electron chi connectivity index (χ4n) is 4.15.